The van der Waals surface area contributed by atoms with Gasteiger partial charge in [-0.15, -0.1) is 0 Å². The van der Waals surface area contributed by atoms with Gasteiger partial charge in [0.25, 0.3) is 0 Å². The van der Waals surface area contributed by atoms with Crippen molar-refractivity contribution in [2.45, 2.75) is 0 Å². The third kappa shape index (κ3) is 2.68. The highest BCUT2D eigenvalue weighted by atomic mass is 35.5. The maximum Gasteiger partial charge on any atom is 0.101 e. The Morgan fingerprint density at radius 3 is 2.71 bits per heavy atom. The number of benzene rings is 2. The Morgan fingerprint density at radius 1 is 1.18 bits per heavy atom. The van der Waals surface area contributed by atoms with Crippen LogP contribution < -0.4 is 11.1 Å². The van der Waals surface area contributed by atoms with Gasteiger partial charge < -0.3 is 11.1 Å². The summed E-state index contributed by atoms with van der Waals surface area (Å²) in [6.45, 7) is 0. The van der Waals surface area contributed by atoms with Gasteiger partial charge in [0.1, 0.15) is 6.07 Å². The number of anilines is 3. The Kier molecular flexibility index (Phi) is 3.17. The third-order valence-corrected chi connectivity index (χ3v) is 2.50. The molecule has 0 bridgehead atoms. The Balaban J connectivity index is 2.36. The summed E-state index contributed by atoms with van der Waals surface area (Å²) in [4.78, 5) is 0. The van der Waals surface area contributed by atoms with E-state index in [-0.39, 0.29) is 0 Å². The Morgan fingerprint density at radius 2 is 2.00 bits per heavy atom. The van der Waals surface area contributed by atoms with Crippen LogP contribution in [0.4, 0.5) is 17.1 Å². The van der Waals surface area contributed by atoms with Gasteiger partial charge in [0.2, 0.25) is 0 Å². The maximum atomic E-state index is 8.98. The average molecular weight is 244 g/mol. The number of hydrogen-bond acceptors (Lipinski definition) is 3. The minimum atomic E-state index is 0.539. The highest BCUT2D eigenvalue weighted by molar-refractivity contribution is 6.30. The second-order valence-corrected chi connectivity index (χ2v) is 3.99. The number of nitrogens with two attached hydrogens (primary N) is 1. The summed E-state index contributed by atoms with van der Waals surface area (Å²) in [5.74, 6) is 0. The third-order valence-electron chi connectivity index (χ3n) is 2.27. The van der Waals surface area contributed by atoms with E-state index in [4.69, 9.17) is 22.6 Å². The lowest BCUT2D eigenvalue weighted by molar-refractivity contribution is 1.46. The molecule has 0 fully saturated rings. The molecule has 0 aromatic heterocycles. The second-order valence-electron chi connectivity index (χ2n) is 3.55. The summed E-state index contributed by atoms with van der Waals surface area (Å²) in [5, 5.41) is 12.7. The molecule has 0 saturated carbocycles. The van der Waals surface area contributed by atoms with Crippen molar-refractivity contribution in [2.75, 3.05) is 11.1 Å². The quantitative estimate of drug-likeness (QED) is 0.793. The molecule has 0 aliphatic heterocycles. The van der Waals surface area contributed by atoms with Crippen molar-refractivity contribution < 1.29 is 0 Å². The summed E-state index contributed by atoms with van der Waals surface area (Å²) in [7, 11) is 0. The lowest BCUT2D eigenvalue weighted by atomic mass is 10.2. The van der Waals surface area contributed by atoms with E-state index >= 15 is 0 Å². The van der Waals surface area contributed by atoms with Crippen molar-refractivity contribution >= 4 is 28.7 Å². The number of nitriles is 1. The van der Waals surface area contributed by atoms with Crippen molar-refractivity contribution in [1.29, 1.82) is 5.26 Å². The van der Waals surface area contributed by atoms with E-state index in [1.807, 2.05) is 12.1 Å². The summed E-state index contributed by atoms with van der Waals surface area (Å²) in [6, 6.07) is 14.5. The highest BCUT2D eigenvalue weighted by Gasteiger charge is 2.03. The molecule has 0 heterocycles. The summed E-state index contributed by atoms with van der Waals surface area (Å²) < 4.78 is 0. The molecule has 2 aromatic rings. The molecule has 0 unspecified atom stereocenters. The lowest BCUT2D eigenvalue weighted by Crippen LogP contribution is -1.94. The largest absolute Gasteiger partial charge is 0.399 e. The van der Waals surface area contributed by atoms with Crippen molar-refractivity contribution in [2.24, 2.45) is 0 Å². The fourth-order valence-electron chi connectivity index (χ4n) is 1.49. The first kappa shape index (κ1) is 11.3. The summed E-state index contributed by atoms with van der Waals surface area (Å²) in [5.41, 5.74) is 8.38. The van der Waals surface area contributed by atoms with E-state index in [2.05, 4.69) is 11.4 Å². The zero-order valence-corrected chi connectivity index (χ0v) is 9.70. The molecule has 0 aliphatic carbocycles. The predicted molar refractivity (Wildman–Crippen MR) is 70.3 cm³/mol. The summed E-state index contributed by atoms with van der Waals surface area (Å²) in [6.07, 6.45) is 0. The Hall–Kier alpha value is -2.18. The molecule has 3 N–H and O–H groups in total. The number of nitrogens with one attached hydrogen (secondary N) is 1. The van der Waals surface area contributed by atoms with E-state index in [0.29, 0.717) is 22.0 Å². The van der Waals surface area contributed by atoms with Gasteiger partial charge in [-0.2, -0.15) is 5.26 Å². The van der Waals surface area contributed by atoms with E-state index in [1.165, 1.54) is 0 Å². The number of rotatable bonds is 2. The fraction of sp³-hybridized carbons (Fsp3) is 0. The molecular formula is C13H10ClN3. The SMILES string of the molecule is N#Cc1ccc(Cl)cc1Nc1cccc(N)c1. The molecule has 2 rings (SSSR count). The van der Waals surface area contributed by atoms with Gasteiger partial charge in [-0.05, 0) is 36.4 Å². The van der Waals surface area contributed by atoms with Crippen LogP contribution in [0.3, 0.4) is 0 Å². The van der Waals surface area contributed by atoms with Crippen LogP contribution in [-0.4, -0.2) is 0 Å². The second kappa shape index (κ2) is 4.77. The topological polar surface area (TPSA) is 61.8 Å². The number of halogens is 1. The average Bonchev–Trinajstić information content (AvgIpc) is 2.29. The molecule has 4 heteroatoms. The van der Waals surface area contributed by atoms with Crippen LogP contribution in [0.25, 0.3) is 0 Å². The minimum absolute atomic E-state index is 0.539. The molecule has 0 atom stereocenters. The van der Waals surface area contributed by atoms with Crippen LogP contribution in [0.15, 0.2) is 42.5 Å². The van der Waals surface area contributed by atoms with Crippen LogP contribution in [0.2, 0.25) is 5.02 Å². The Bertz CT molecular complexity index is 587. The summed E-state index contributed by atoms with van der Waals surface area (Å²) >= 11 is 5.90. The van der Waals surface area contributed by atoms with E-state index < -0.39 is 0 Å². The molecule has 0 amide bonds. The lowest BCUT2D eigenvalue weighted by Gasteiger charge is -2.09. The van der Waals surface area contributed by atoms with Crippen molar-refractivity contribution in [3.05, 3.63) is 53.1 Å². The van der Waals surface area contributed by atoms with Gasteiger partial charge in [-0.3, -0.25) is 0 Å². The minimum Gasteiger partial charge on any atom is -0.399 e. The maximum absolute atomic E-state index is 8.98. The fourth-order valence-corrected chi connectivity index (χ4v) is 1.66. The first-order chi connectivity index (χ1) is 8.19. The highest BCUT2D eigenvalue weighted by Crippen LogP contribution is 2.25. The monoisotopic (exact) mass is 243 g/mol. The van der Waals surface area contributed by atoms with Crippen LogP contribution >= 0.6 is 11.6 Å². The molecule has 3 nitrogen and oxygen atoms in total. The van der Waals surface area contributed by atoms with Gasteiger partial charge in [-0.25, -0.2) is 0 Å². The smallest absolute Gasteiger partial charge is 0.101 e. The van der Waals surface area contributed by atoms with Gasteiger partial charge in [0, 0.05) is 16.4 Å². The first-order valence-electron chi connectivity index (χ1n) is 5.01. The van der Waals surface area contributed by atoms with Crippen molar-refractivity contribution in [1.82, 2.24) is 0 Å². The van der Waals surface area contributed by atoms with Gasteiger partial charge in [0.05, 0.1) is 11.3 Å². The normalized spacial score (nSPS) is 9.65. The molecule has 17 heavy (non-hydrogen) atoms. The molecule has 0 spiro atoms. The number of hydrogen-bond donors (Lipinski definition) is 2. The molecule has 2 aromatic carbocycles. The standard InChI is InChI=1S/C13H10ClN3/c14-10-5-4-9(8-15)13(6-10)17-12-3-1-2-11(16)7-12/h1-7,17H,16H2. The first-order valence-corrected chi connectivity index (χ1v) is 5.39. The number of nitrogen functional groups attached to an aromatic ring is 1. The predicted octanol–water partition coefficient (Wildman–Crippen LogP) is 3.54. The van der Waals surface area contributed by atoms with E-state index in [9.17, 15) is 0 Å². The number of nitrogens with zero attached hydrogens (tertiary/aromatic N) is 1. The van der Waals surface area contributed by atoms with Crippen LogP contribution in [-0.2, 0) is 0 Å². The van der Waals surface area contributed by atoms with Gasteiger partial charge >= 0.3 is 0 Å². The van der Waals surface area contributed by atoms with Gasteiger partial charge in [-0.1, -0.05) is 17.7 Å². The van der Waals surface area contributed by atoms with Gasteiger partial charge in [0.15, 0.2) is 0 Å². The van der Waals surface area contributed by atoms with Crippen LogP contribution in [0, 0.1) is 11.3 Å². The van der Waals surface area contributed by atoms with E-state index in [0.717, 1.165) is 5.69 Å². The molecule has 0 saturated heterocycles. The Labute approximate surface area is 104 Å². The van der Waals surface area contributed by atoms with Crippen molar-refractivity contribution in [3.8, 4) is 6.07 Å². The zero-order valence-electron chi connectivity index (χ0n) is 8.94. The molecule has 84 valence electrons. The molecule has 0 radical (unpaired) electrons. The van der Waals surface area contributed by atoms with E-state index in [1.54, 1.807) is 30.3 Å². The zero-order chi connectivity index (χ0) is 12.3. The van der Waals surface area contributed by atoms with Crippen LogP contribution in [0.1, 0.15) is 5.56 Å². The van der Waals surface area contributed by atoms with Crippen molar-refractivity contribution in [3.63, 3.8) is 0 Å². The molecule has 0 aliphatic rings. The van der Waals surface area contributed by atoms with Crippen LogP contribution in [0.5, 0.6) is 0 Å². The molecular weight excluding hydrogens is 234 g/mol.